The molecule has 4 spiro atoms. The Labute approximate surface area is 126 Å². The van der Waals surface area contributed by atoms with Crippen LogP contribution in [0.15, 0.2) is 0 Å². The fraction of sp³-hybridized carbons (Fsp3) is 1.00. The molecule has 8 atom stereocenters. The van der Waals surface area contributed by atoms with Crippen LogP contribution in [0.2, 0.25) is 0 Å². The quantitative estimate of drug-likeness (QED) is 0.435. The molecule has 0 bridgehead atoms. The minimum absolute atomic E-state index is 0.335. The summed E-state index contributed by atoms with van der Waals surface area (Å²) in [6.07, 6.45) is -2.93. The molecule has 0 aromatic rings. The zero-order valence-corrected chi connectivity index (χ0v) is 12.0. The van der Waals surface area contributed by atoms with Gasteiger partial charge in [-0.1, -0.05) is 0 Å². The zero-order valence-electron chi connectivity index (χ0n) is 12.0. The second-order valence-corrected chi connectivity index (χ2v) is 7.15. The average Bonchev–Trinajstić information content (AvgIpc) is 2.97. The molecule has 2 aliphatic heterocycles. The van der Waals surface area contributed by atoms with E-state index in [0.717, 1.165) is 0 Å². The highest BCUT2D eigenvalue weighted by molar-refractivity contribution is 5.24. The van der Waals surface area contributed by atoms with E-state index in [0.29, 0.717) is 38.5 Å². The monoisotopic (exact) mass is 316 g/mol. The van der Waals surface area contributed by atoms with Gasteiger partial charge in [0.25, 0.3) is 0 Å². The van der Waals surface area contributed by atoms with Gasteiger partial charge < -0.3 is 39.4 Å². The molecule has 22 heavy (non-hydrogen) atoms. The number of aliphatic hydroxyl groups is 4. The highest BCUT2D eigenvalue weighted by Gasteiger charge is 2.83. The van der Waals surface area contributed by atoms with Crippen molar-refractivity contribution in [1.82, 2.24) is 0 Å². The molecular formula is C14H20O8. The second-order valence-electron chi connectivity index (χ2n) is 7.15. The maximum absolute atomic E-state index is 10.7. The minimum atomic E-state index is -1.45. The van der Waals surface area contributed by atoms with Gasteiger partial charge in [0.2, 0.25) is 0 Å². The smallest absolute Gasteiger partial charge is 0.188 e. The van der Waals surface area contributed by atoms with Crippen molar-refractivity contribution in [1.29, 1.82) is 0 Å². The first-order valence-electron chi connectivity index (χ1n) is 7.86. The molecule has 0 radical (unpaired) electrons. The van der Waals surface area contributed by atoms with Crippen LogP contribution in [0.4, 0.5) is 0 Å². The lowest BCUT2D eigenvalue weighted by Crippen LogP contribution is -2.86. The lowest BCUT2D eigenvalue weighted by Gasteiger charge is -2.67. The number of ether oxygens (including phenoxy) is 4. The Morgan fingerprint density at radius 3 is 0.955 bits per heavy atom. The Morgan fingerprint density at radius 1 is 0.500 bits per heavy atom. The fourth-order valence-corrected chi connectivity index (χ4v) is 5.45. The fourth-order valence-electron chi connectivity index (χ4n) is 5.45. The van der Waals surface area contributed by atoms with Crippen LogP contribution in [-0.2, 0) is 18.9 Å². The molecule has 2 aliphatic carbocycles. The van der Waals surface area contributed by atoms with Gasteiger partial charge in [-0.15, -0.1) is 0 Å². The standard InChI is InChI=1S/C14H20O8/c15-7-11-3-1-4-12(11)8(16)22-14(10(18)20-12)6-2-5-13(14,21-7)9(17)19-11/h7-10,15-18H,1-6H2/t7-,8?,9+,10?,11-,12?,13-,14?/m1/s1. The van der Waals surface area contributed by atoms with E-state index in [1.807, 2.05) is 0 Å². The summed E-state index contributed by atoms with van der Waals surface area (Å²) in [6, 6.07) is 0. The van der Waals surface area contributed by atoms with Crippen LogP contribution in [-0.4, -0.2) is 68.0 Å². The van der Waals surface area contributed by atoms with Gasteiger partial charge in [0, 0.05) is 0 Å². The van der Waals surface area contributed by atoms with Gasteiger partial charge in [-0.05, 0) is 38.5 Å². The van der Waals surface area contributed by atoms with E-state index in [4.69, 9.17) is 18.9 Å². The summed E-state index contributed by atoms with van der Waals surface area (Å²) in [6.45, 7) is 0. The molecule has 8 heteroatoms. The Kier molecular flexibility index (Phi) is 2.45. The van der Waals surface area contributed by atoms with Crippen molar-refractivity contribution in [2.75, 3.05) is 0 Å². The zero-order chi connectivity index (χ0) is 15.4. The minimum Gasteiger partial charge on any atom is -0.365 e. The molecule has 4 N–H and O–H groups in total. The molecule has 8 nitrogen and oxygen atoms in total. The van der Waals surface area contributed by atoms with Crippen LogP contribution < -0.4 is 0 Å². The van der Waals surface area contributed by atoms with Gasteiger partial charge in [0.1, 0.15) is 0 Å². The Hall–Kier alpha value is -0.320. The molecule has 2 saturated heterocycles. The van der Waals surface area contributed by atoms with E-state index < -0.39 is 47.6 Å². The van der Waals surface area contributed by atoms with E-state index in [2.05, 4.69) is 0 Å². The van der Waals surface area contributed by atoms with Gasteiger partial charge >= 0.3 is 0 Å². The summed E-state index contributed by atoms with van der Waals surface area (Å²) in [5.41, 5.74) is -5.80. The third-order valence-corrected chi connectivity index (χ3v) is 6.51. The molecular weight excluding hydrogens is 296 g/mol. The number of aliphatic hydroxyl groups excluding tert-OH is 4. The van der Waals surface area contributed by atoms with Crippen molar-refractivity contribution in [2.24, 2.45) is 0 Å². The summed E-state index contributed by atoms with van der Waals surface area (Å²) in [5, 5.41) is 42.6. The Bertz CT molecular complexity index is 439. The average molecular weight is 316 g/mol. The SMILES string of the molecule is OC1OC23CCC[C@]24O[C@@H](O)[C@@]2(CCCC12OC3O)O[C@@H]4O. The summed E-state index contributed by atoms with van der Waals surface area (Å²) < 4.78 is 23.4. The Balaban J connectivity index is 1.79. The van der Waals surface area contributed by atoms with Crippen LogP contribution in [0.3, 0.4) is 0 Å². The third kappa shape index (κ3) is 1.14. The van der Waals surface area contributed by atoms with Crippen LogP contribution in [0, 0.1) is 0 Å². The third-order valence-electron chi connectivity index (χ3n) is 6.51. The highest BCUT2D eigenvalue weighted by Crippen LogP contribution is 2.65. The van der Waals surface area contributed by atoms with Crippen LogP contribution >= 0.6 is 0 Å². The van der Waals surface area contributed by atoms with Gasteiger partial charge in [-0.3, -0.25) is 0 Å². The number of hydrogen-bond donors (Lipinski definition) is 4. The number of fused-ring (bicyclic) bond motifs is 2. The van der Waals surface area contributed by atoms with Crippen molar-refractivity contribution >= 4 is 0 Å². The predicted octanol–water partition coefficient (Wildman–Crippen LogP) is -1.31. The maximum atomic E-state index is 10.7. The summed E-state index contributed by atoms with van der Waals surface area (Å²) in [7, 11) is 0. The molecule has 2 heterocycles. The summed E-state index contributed by atoms with van der Waals surface area (Å²) >= 11 is 0. The van der Waals surface area contributed by atoms with Crippen molar-refractivity contribution in [3.63, 3.8) is 0 Å². The molecule has 0 aromatic heterocycles. The van der Waals surface area contributed by atoms with Crippen molar-refractivity contribution < 1.29 is 39.4 Å². The maximum Gasteiger partial charge on any atom is 0.188 e. The van der Waals surface area contributed by atoms with Gasteiger partial charge in [0.05, 0.1) is 0 Å². The van der Waals surface area contributed by atoms with E-state index >= 15 is 0 Å². The molecule has 0 amide bonds. The van der Waals surface area contributed by atoms with E-state index in [1.165, 1.54) is 0 Å². The molecule has 4 unspecified atom stereocenters. The topological polar surface area (TPSA) is 118 Å². The molecule has 124 valence electrons. The molecule has 2 saturated carbocycles. The van der Waals surface area contributed by atoms with Gasteiger partial charge in [-0.25, -0.2) is 0 Å². The molecule has 4 rings (SSSR count). The number of hydrogen-bond acceptors (Lipinski definition) is 8. The molecule has 4 fully saturated rings. The highest BCUT2D eigenvalue weighted by atomic mass is 16.8. The second kappa shape index (κ2) is 3.84. The van der Waals surface area contributed by atoms with E-state index in [-0.39, 0.29) is 0 Å². The first-order chi connectivity index (χ1) is 10.4. The lowest BCUT2D eigenvalue weighted by molar-refractivity contribution is -0.547. The van der Waals surface area contributed by atoms with Gasteiger partial charge in [0.15, 0.2) is 47.6 Å². The summed E-state index contributed by atoms with van der Waals surface area (Å²) in [5.74, 6) is 0. The largest absolute Gasteiger partial charge is 0.365 e. The van der Waals surface area contributed by atoms with Crippen molar-refractivity contribution in [3.05, 3.63) is 0 Å². The van der Waals surface area contributed by atoms with Gasteiger partial charge in [-0.2, -0.15) is 0 Å². The van der Waals surface area contributed by atoms with Crippen LogP contribution in [0.25, 0.3) is 0 Å². The predicted molar refractivity (Wildman–Crippen MR) is 67.0 cm³/mol. The van der Waals surface area contributed by atoms with E-state index in [1.54, 1.807) is 0 Å². The van der Waals surface area contributed by atoms with Crippen molar-refractivity contribution in [3.8, 4) is 0 Å². The Morgan fingerprint density at radius 2 is 0.727 bits per heavy atom. The van der Waals surface area contributed by atoms with E-state index in [9.17, 15) is 20.4 Å². The first-order valence-corrected chi connectivity index (χ1v) is 7.86. The summed E-state index contributed by atoms with van der Waals surface area (Å²) in [4.78, 5) is 0. The van der Waals surface area contributed by atoms with Crippen LogP contribution in [0.1, 0.15) is 38.5 Å². The lowest BCUT2D eigenvalue weighted by atomic mass is 9.73. The number of rotatable bonds is 0. The van der Waals surface area contributed by atoms with Crippen LogP contribution in [0.5, 0.6) is 0 Å². The normalized spacial score (nSPS) is 66.0. The molecule has 4 aliphatic rings. The van der Waals surface area contributed by atoms with Crippen molar-refractivity contribution in [2.45, 2.75) is 86.1 Å². The molecule has 0 aromatic carbocycles. The first kappa shape index (κ1) is 14.1.